The topological polar surface area (TPSA) is 74.2 Å². The standard InChI is InChI=1S/C7H7BrF3N3O/c8-5-4(1-12)14-2-3(13)6(5)15-7(9,10)11/h2H,1,12-13H2. The minimum Gasteiger partial charge on any atom is -0.402 e. The summed E-state index contributed by atoms with van der Waals surface area (Å²) < 4.78 is 39.7. The van der Waals surface area contributed by atoms with E-state index in [-0.39, 0.29) is 22.4 Å². The molecular weight excluding hydrogens is 279 g/mol. The number of alkyl halides is 3. The van der Waals surface area contributed by atoms with Crippen LogP contribution in [0.1, 0.15) is 5.69 Å². The second kappa shape index (κ2) is 4.23. The number of nitrogen functional groups attached to an aromatic ring is 1. The van der Waals surface area contributed by atoms with Gasteiger partial charge in [0.05, 0.1) is 22.1 Å². The van der Waals surface area contributed by atoms with E-state index in [0.717, 1.165) is 6.20 Å². The molecule has 0 bridgehead atoms. The third-order valence-corrected chi connectivity index (χ3v) is 2.30. The van der Waals surface area contributed by atoms with E-state index in [1.54, 1.807) is 0 Å². The van der Waals surface area contributed by atoms with Crippen LogP contribution in [0.25, 0.3) is 0 Å². The molecule has 4 N–H and O–H groups in total. The number of halogens is 4. The molecule has 1 rings (SSSR count). The Bertz CT molecular complexity index is 369. The van der Waals surface area contributed by atoms with Crippen LogP contribution < -0.4 is 16.2 Å². The van der Waals surface area contributed by atoms with Gasteiger partial charge in [-0.3, -0.25) is 4.98 Å². The van der Waals surface area contributed by atoms with Gasteiger partial charge in [-0.25, -0.2) is 0 Å². The molecule has 4 nitrogen and oxygen atoms in total. The predicted octanol–water partition coefficient (Wildman–Crippen LogP) is 1.78. The molecule has 0 aliphatic rings. The Balaban J connectivity index is 3.15. The van der Waals surface area contributed by atoms with Gasteiger partial charge in [0, 0.05) is 6.54 Å². The summed E-state index contributed by atoms with van der Waals surface area (Å²) in [6.45, 7) is -0.0188. The number of hydrogen-bond donors (Lipinski definition) is 2. The van der Waals surface area contributed by atoms with E-state index in [1.807, 2.05) is 0 Å². The van der Waals surface area contributed by atoms with Crippen molar-refractivity contribution in [2.24, 2.45) is 5.73 Å². The van der Waals surface area contributed by atoms with Crippen molar-refractivity contribution in [3.8, 4) is 5.75 Å². The number of rotatable bonds is 2. The second-order valence-corrected chi connectivity index (χ2v) is 3.35. The van der Waals surface area contributed by atoms with Crippen LogP contribution in [-0.2, 0) is 6.54 Å². The van der Waals surface area contributed by atoms with Gasteiger partial charge in [0.15, 0.2) is 5.75 Å². The summed E-state index contributed by atoms with van der Waals surface area (Å²) in [6, 6.07) is 0. The van der Waals surface area contributed by atoms with E-state index in [9.17, 15) is 13.2 Å². The van der Waals surface area contributed by atoms with Gasteiger partial charge < -0.3 is 16.2 Å². The minimum absolute atomic E-state index is 0.0160. The monoisotopic (exact) mass is 285 g/mol. The van der Waals surface area contributed by atoms with E-state index < -0.39 is 12.1 Å². The lowest BCUT2D eigenvalue weighted by Crippen LogP contribution is -2.19. The summed E-state index contributed by atoms with van der Waals surface area (Å²) in [7, 11) is 0. The highest BCUT2D eigenvalue weighted by Gasteiger charge is 2.33. The van der Waals surface area contributed by atoms with Crippen molar-refractivity contribution >= 4 is 21.6 Å². The van der Waals surface area contributed by atoms with Gasteiger partial charge in [0.1, 0.15) is 0 Å². The number of nitrogens with two attached hydrogens (primary N) is 2. The van der Waals surface area contributed by atoms with Crippen molar-refractivity contribution in [1.82, 2.24) is 4.98 Å². The zero-order chi connectivity index (χ0) is 11.6. The summed E-state index contributed by atoms with van der Waals surface area (Å²) >= 11 is 2.90. The van der Waals surface area contributed by atoms with Crippen molar-refractivity contribution in [3.05, 3.63) is 16.4 Å². The summed E-state index contributed by atoms with van der Waals surface area (Å²) in [5.74, 6) is -0.516. The Hall–Kier alpha value is -1.02. The van der Waals surface area contributed by atoms with E-state index in [4.69, 9.17) is 11.5 Å². The van der Waals surface area contributed by atoms with E-state index in [1.165, 1.54) is 0 Å². The molecule has 8 heteroatoms. The number of ether oxygens (including phenoxy) is 1. The predicted molar refractivity (Wildman–Crippen MR) is 50.9 cm³/mol. The van der Waals surface area contributed by atoms with Crippen molar-refractivity contribution in [2.75, 3.05) is 5.73 Å². The zero-order valence-corrected chi connectivity index (χ0v) is 8.89. The Morgan fingerprint density at radius 1 is 1.47 bits per heavy atom. The summed E-state index contributed by atoms with van der Waals surface area (Å²) in [5.41, 5.74) is 10.6. The number of hydrogen-bond acceptors (Lipinski definition) is 4. The summed E-state index contributed by atoms with van der Waals surface area (Å²) in [4.78, 5) is 3.74. The molecule has 0 aliphatic heterocycles. The molecule has 0 radical (unpaired) electrons. The van der Waals surface area contributed by atoms with Gasteiger partial charge in [-0.2, -0.15) is 0 Å². The molecule has 84 valence electrons. The molecular formula is C7H7BrF3N3O. The Labute approximate surface area is 91.5 Å². The van der Waals surface area contributed by atoms with Gasteiger partial charge in [-0.15, -0.1) is 13.2 Å². The van der Waals surface area contributed by atoms with E-state index in [2.05, 4.69) is 25.7 Å². The molecule has 1 heterocycles. The first kappa shape index (κ1) is 12.1. The average molecular weight is 286 g/mol. The average Bonchev–Trinajstić information content (AvgIpc) is 2.11. The Morgan fingerprint density at radius 3 is 2.53 bits per heavy atom. The molecule has 1 aromatic rings. The zero-order valence-electron chi connectivity index (χ0n) is 7.31. The first-order valence-electron chi connectivity index (χ1n) is 3.74. The van der Waals surface area contributed by atoms with Crippen LogP contribution in [0.15, 0.2) is 10.7 Å². The maximum Gasteiger partial charge on any atom is 0.573 e. The Kier molecular flexibility index (Phi) is 3.40. The molecule has 1 aromatic heterocycles. The third-order valence-electron chi connectivity index (χ3n) is 1.49. The molecule has 0 atom stereocenters. The van der Waals surface area contributed by atoms with Gasteiger partial charge in [-0.1, -0.05) is 0 Å². The normalized spacial score (nSPS) is 11.5. The number of aromatic nitrogens is 1. The lowest BCUT2D eigenvalue weighted by atomic mass is 10.3. The fourth-order valence-electron chi connectivity index (χ4n) is 0.882. The van der Waals surface area contributed by atoms with Crippen LogP contribution in [0.2, 0.25) is 0 Å². The highest BCUT2D eigenvalue weighted by molar-refractivity contribution is 9.10. The van der Waals surface area contributed by atoms with Gasteiger partial charge in [-0.05, 0) is 15.9 Å². The third kappa shape index (κ3) is 2.96. The molecule has 0 aliphatic carbocycles. The van der Waals surface area contributed by atoms with Gasteiger partial charge >= 0.3 is 6.36 Å². The smallest absolute Gasteiger partial charge is 0.402 e. The lowest BCUT2D eigenvalue weighted by Gasteiger charge is -2.13. The highest BCUT2D eigenvalue weighted by atomic mass is 79.9. The molecule has 0 aromatic carbocycles. The van der Waals surface area contributed by atoms with Crippen LogP contribution in [-0.4, -0.2) is 11.3 Å². The number of anilines is 1. The highest BCUT2D eigenvalue weighted by Crippen LogP contribution is 2.36. The van der Waals surface area contributed by atoms with Crippen molar-refractivity contribution in [3.63, 3.8) is 0 Å². The SMILES string of the molecule is NCc1ncc(N)c(OC(F)(F)F)c1Br. The largest absolute Gasteiger partial charge is 0.573 e. The number of pyridine rings is 1. The molecule has 0 saturated carbocycles. The van der Waals surface area contributed by atoms with E-state index in [0.29, 0.717) is 0 Å². The maximum absolute atomic E-state index is 12.0. The van der Waals surface area contributed by atoms with Crippen LogP contribution in [0.4, 0.5) is 18.9 Å². The summed E-state index contributed by atoms with van der Waals surface area (Å²) in [6.07, 6.45) is -3.74. The van der Waals surface area contributed by atoms with Crippen LogP contribution in [0.5, 0.6) is 5.75 Å². The van der Waals surface area contributed by atoms with Crippen LogP contribution in [0.3, 0.4) is 0 Å². The minimum atomic E-state index is -4.80. The molecule has 15 heavy (non-hydrogen) atoms. The Morgan fingerprint density at radius 2 is 2.07 bits per heavy atom. The quantitative estimate of drug-likeness (QED) is 0.869. The van der Waals surface area contributed by atoms with Crippen molar-refractivity contribution in [2.45, 2.75) is 12.9 Å². The van der Waals surface area contributed by atoms with Crippen molar-refractivity contribution < 1.29 is 17.9 Å². The molecule has 0 unspecified atom stereocenters. The first-order valence-corrected chi connectivity index (χ1v) is 4.53. The second-order valence-electron chi connectivity index (χ2n) is 2.56. The van der Waals surface area contributed by atoms with Crippen LogP contribution in [0, 0.1) is 0 Å². The van der Waals surface area contributed by atoms with Crippen molar-refractivity contribution in [1.29, 1.82) is 0 Å². The fourth-order valence-corrected chi connectivity index (χ4v) is 1.46. The molecule has 0 spiro atoms. The van der Waals surface area contributed by atoms with E-state index >= 15 is 0 Å². The first-order chi connectivity index (χ1) is 6.85. The molecule has 0 fully saturated rings. The lowest BCUT2D eigenvalue weighted by molar-refractivity contribution is -0.274. The van der Waals surface area contributed by atoms with Crippen LogP contribution >= 0.6 is 15.9 Å². The number of nitrogens with zero attached hydrogens (tertiary/aromatic N) is 1. The van der Waals surface area contributed by atoms with Gasteiger partial charge in [0.2, 0.25) is 0 Å². The molecule has 0 amide bonds. The fraction of sp³-hybridized carbons (Fsp3) is 0.286. The summed E-state index contributed by atoms with van der Waals surface area (Å²) in [5, 5.41) is 0. The van der Waals surface area contributed by atoms with Gasteiger partial charge in [0.25, 0.3) is 0 Å². The maximum atomic E-state index is 12.0. The molecule has 0 saturated heterocycles.